The van der Waals surface area contributed by atoms with Gasteiger partial charge in [-0.2, -0.15) is 0 Å². The predicted octanol–water partition coefficient (Wildman–Crippen LogP) is 15.5. The van der Waals surface area contributed by atoms with Gasteiger partial charge in [0.2, 0.25) is 0 Å². The van der Waals surface area contributed by atoms with Crippen LogP contribution < -0.4 is 0 Å². The summed E-state index contributed by atoms with van der Waals surface area (Å²) >= 11 is 0. The first-order valence-corrected chi connectivity index (χ1v) is 21.4. The SMILES string of the molecule is c1ccc2c(-c3ccc(-c4c5ccccc5c(-c5ccc6c(c5)-c5c(ccc7ccccc57)C6C5C6CC7CC(C6)CC5C7)c5ccccc45)cc3)cccc2c1. The van der Waals surface area contributed by atoms with Gasteiger partial charge in [-0.1, -0.05) is 164 Å². The Hall–Kier alpha value is -5.98. The summed E-state index contributed by atoms with van der Waals surface area (Å²) in [6.07, 6.45) is 7.34. The summed E-state index contributed by atoms with van der Waals surface area (Å²) in [4.78, 5) is 0. The van der Waals surface area contributed by atoms with E-state index in [9.17, 15) is 0 Å². The van der Waals surface area contributed by atoms with Crippen molar-refractivity contribution in [2.45, 2.75) is 38.0 Å². The van der Waals surface area contributed by atoms with Gasteiger partial charge in [-0.3, -0.25) is 0 Å². The summed E-state index contributed by atoms with van der Waals surface area (Å²) in [7, 11) is 0. The van der Waals surface area contributed by atoms with Gasteiger partial charge in [0.1, 0.15) is 0 Å². The number of fused-ring (bicyclic) bond motifs is 8. The second kappa shape index (κ2) is 12.3. The van der Waals surface area contributed by atoms with Crippen LogP contribution in [0.4, 0.5) is 0 Å². The lowest BCUT2D eigenvalue weighted by Crippen LogP contribution is -2.47. The molecule has 57 heavy (non-hydrogen) atoms. The molecule has 14 rings (SSSR count). The van der Waals surface area contributed by atoms with Crippen LogP contribution in [-0.4, -0.2) is 0 Å². The number of hydrogen-bond donors (Lipinski definition) is 0. The summed E-state index contributed by atoms with van der Waals surface area (Å²) in [6, 6.07) is 64.7. The first-order chi connectivity index (χ1) is 28.2. The van der Waals surface area contributed by atoms with Crippen molar-refractivity contribution in [3.05, 3.63) is 181 Å². The molecule has 0 nitrogen and oxygen atoms in total. The van der Waals surface area contributed by atoms with E-state index in [0.29, 0.717) is 5.92 Å². The van der Waals surface area contributed by atoms with Crippen LogP contribution in [0.2, 0.25) is 0 Å². The highest BCUT2D eigenvalue weighted by Gasteiger charge is 2.52. The molecule has 4 saturated carbocycles. The molecule has 9 aromatic rings. The van der Waals surface area contributed by atoms with Gasteiger partial charge in [0, 0.05) is 5.92 Å². The minimum atomic E-state index is 0.497. The molecule has 0 spiro atoms. The number of rotatable bonds is 4. The van der Waals surface area contributed by atoms with E-state index in [-0.39, 0.29) is 0 Å². The summed E-state index contributed by atoms with van der Waals surface area (Å²) < 4.78 is 0. The zero-order valence-electron chi connectivity index (χ0n) is 32.2. The third kappa shape index (κ3) is 4.74. The molecule has 1 unspecified atom stereocenters. The minimum Gasteiger partial charge on any atom is -0.0616 e. The fourth-order valence-electron chi connectivity index (χ4n) is 13.2. The molecule has 9 aromatic carbocycles. The Kier molecular flexibility index (Phi) is 6.91. The molecular weight excluding hydrogens is 685 g/mol. The monoisotopic (exact) mass is 728 g/mol. The average Bonchev–Trinajstić information content (AvgIpc) is 3.59. The molecule has 0 aliphatic heterocycles. The standard InChI is InChI=1S/C57H44/c1-3-13-43-36(10-1)12-9-19-44(43)38-20-22-39(23-21-38)54-46-15-5-7-17-48(46)55(49-18-8-6-16-47(49)54)40-25-26-50-52(33-40)56-45-14-4-2-11-37(45)24-27-51(56)57(50)53-41-29-34-28-35(31-41)32-42(53)30-34/h1-27,33-35,41-42,53,57H,28-32H2. The quantitative estimate of drug-likeness (QED) is 0.158. The van der Waals surface area contributed by atoms with Crippen molar-refractivity contribution in [2.75, 3.05) is 0 Å². The van der Waals surface area contributed by atoms with Gasteiger partial charge in [0.25, 0.3) is 0 Å². The lowest BCUT2D eigenvalue weighted by atomic mass is 9.49. The third-order valence-corrected chi connectivity index (χ3v) is 15.1. The van der Waals surface area contributed by atoms with Gasteiger partial charge in [0.15, 0.2) is 0 Å². The Morgan fingerprint density at radius 2 is 0.807 bits per heavy atom. The largest absolute Gasteiger partial charge is 0.0616 e. The van der Waals surface area contributed by atoms with Crippen molar-refractivity contribution in [1.29, 1.82) is 0 Å². The predicted molar refractivity (Wildman–Crippen MR) is 241 cm³/mol. The zero-order valence-corrected chi connectivity index (χ0v) is 32.2. The van der Waals surface area contributed by atoms with Crippen LogP contribution in [0.15, 0.2) is 170 Å². The molecule has 0 heterocycles. The molecule has 5 aliphatic rings. The maximum absolute atomic E-state index is 2.60. The summed E-state index contributed by atoms with van der Waals surface area (Å²) in [5.41, 5.74) is 13.9. The van der Waals surface area contributed by atoms with Gasteiger partial charge in [-0.25, -0.2) is 0 Å². The van der Waals surface area contributed by atoms with Crippen molar-refractivity contribution >= 4 is 43.1 Å². The van der Waals surface area contributed by atoms with Crippen LogP contribution in [0.25, 0.3) is 87.6 Å². The number of benzene rings is 9. The van der Waals surface area contributed by atoms with E-state index in [1.165, 1.54) is 120 Å². The molecular formula is C57H44. The van der Waals surface area contributed by atoms with Crippen LogP contribution in [0.3, 0.4) is 0 Å². The van der Waals surface area contributed by atoms with Crippen LogP contribution in [0, 0.1) is 29.6 Å². The number of hydrogen-bond acceptors (Lipinski definition) is 0. The average molecular weight is 729 g/mol. The smallest absolute Gasteiger partial charge is 0.0135 e. The molecule has 0 radical (unpaired) electrons. The molecule has 272 valence electrons. The molecule has 4 fully saturated rings. The van der Waals surface area contributed by atoms with Gasteiger partial charge in [-0.15, -0.1) is 0 Å². The van der Waals surface area contributed by atoms with E-state index in [1.807, 2.05) is 0 Å². The lowest BCUT2D eigenvalue weighted by Gasteiger charge is -2.56. The van der Waals surface area contributed by atoms with Crippen molar-refractivity contribution in [1.82, 2.24) is 0 Å². The summed E-state index contributed by atoms with van der Waals surface area (Å²) in [5.74, 6) is 4.97. The van der Waals surface area contributed by atoms with E-state index in [2.05, 4.69) is 170 Å². The first-order valence-electron chi connectivity index (χ1n) is 21.4. The maximum atomic E-state index is 2.60. The van der Waals surface area contributed by atoms with Crippen molar-refractivity contribution in [3.8, 4) is 44.5 Å². The van der Waals surface area contributed by atoms with Crippen LogP contribution in [0.5, 0.6) is 0 Å². The molecule has 0 saturated heterocycles. The van der Waals surface area contributed by atoms with E-state index >= 15 is 0 Å². The van der Waals surface area contributed by atoms with Gasteiger partial charge < -0.3 is 0 Å². The Balaban J connectivity index is 0.996. The first kappa shape index (κ1) is 32.1. The second-order valence-electron chi connectivity index (χ2n) is 18.0. The molecule has 1 atom stereocenters. The Morgan fingerprint density at radius 3 is 1.46 bits per heavy atom. The highest BCUT2D eigenvalue weighted by Crippen LogP contribution is 2.64. The van der Waals surface area contributed by atoms with Crippen LogP contribution in [-0.2, 0) is 0 Å². The Labute approximate surface area is 334 Å². The third-order valence-electron chi connectivity index (χ3n) is 15.1. The highest BCUT2D eigenvalue weighted by molar-refractivity contribution is 6.21. The highest BCUT2D eigenvalue weighted by atomic mass is 14.6. The van der Waals surface area contributed by atoms with E-state index in [1.54, 1.807) is 11.1 Å². The van der Waals surface area contributed by atoms with Crippen LogP contribution in [0.1, 0.15) is 49.1 Å². The summed E-state index contributed by atoms with van der Waals surface area (Å²) in [6.45, 7) is 0. The van der Waals surface area contributed by atoms with Crippen molar-refractivity contribution < 1.29 is 0 Å². The molecule has 0 heteroatoms. The van der Waals surface area contributed by atoms with Gasteiger partial charge in [-0.05, 0) is 166 Å². The zero-order chi connectivity index (χ0) is 37.2. The van der Waals surface area contributed by atoms with E-state index in [4.69, 9.17) is 0 Å². The lowest BCUT2D eigenvalue weighted by molar-refractivity contribution is -0.0424. The van der Waals surface area contributed by atoms with E-state index in [0.717, 1.165) is 29.6 Å². The fraction of sp³-hybridized carbons (Fsp3) is 0.193. The minimum absolute atomic E-state index is 0.497. The topological polar surface area (TPSA) is 0 Å². The molecule has 5 aliphatic carbocycles. The summed E-state index contributed by atoms with van der Waals surface area (Å²) in [5, 5.41) is 10.6. The molecule has 0 N–H and O–H groups in total. The molecule has 0 aromatic heterocycles. The van der Waals surface area contributed by atoms with Gasteiger partial charge >= 0.3 is 0 Å². The van der Waals surface area contributed by atoms with E-state index < -0.39 is 0 Å². The Morgan fingerprint density at radius 1 is 0.316 bits per heavy atom. The fourth-order valence-corrected chi connectivity index (χ4v) is 13.2. The maximum Gasteiger partial charge on any atom is 0.0135 e. The normalized spacial score (nSPS) is 23.1. The van der Waals surface area contributed by atoms with Crippen LogP contribution >= 0.6 is 0 Å². The van der Waals surface area contributed by atoms with Crippen molar-refractivity contribution in [2.24, 2.45) is 29.6 Å². The van der Waals surface area contributed by atoms with Crippen molar-refractivity contribution in [3.63, 3.8) is 0 Å². The van der Waals surface area contributed by atoms with Gasteiger partial charge in [0.05, 0.1) is 0 Å². The Bertz CT molecular complexity index is 3000. The second-order valence-corrected chi connectivity index (χ2v) is 18.0. The molecule has 4 bridgehead atoms. The molecule has 0 amide bonds.